The molecule has 1 aromatic rings. The molecule has 0 bridgehead atoms. The fourth-order valence-electron chi connectivity index (χ4n) is 3.25. The van der Waals surface area contributed by atoms with E-state index in [1.54, 1.807) is 0 Å². The molecule has 0 amide bonds. The average molecular weight is 310 g/mol. The van der Waals surface area contributed by atoms with Gasteiger partial charge in [0.25, 0.3) is 0 Å². The van der Waals surface area contributed by atoms with Crippen molar-refractivity contribution in [3.05, 3.63) is 12.4 Å². The maximum absolute atomic E-state index is 4.41. The standard InChI is InChI=1S/C17H31N3S/c1-2-18-15-11-9-7-5-3-4-6-8-10-12-16(15)21-17-19-13-14-20-17/h13-16,18H,2-12H2,1H3,(H,19,20). The summed E-state index contributed by atoms with van der Waals surface area (Å²) in [7, 11) is 0. The second-order valence-electron chi connectivity index (χ2n) is 6.12. The van der Waals surface area contributed by atoms with Gasteiger partial charge in [0.15, 0.2) is 5.16 Å². The second kappa shape index (κ2) is 10.3. The molecule has 120 valence electrons. The number of aromatic amines is 1. The lowest BCUT2D eigenvalue weighted by atomic mass is 9.97. The fourth-order valence-corrected chi connectivity index (χ4v) is 4.48. The van der Waals surface area contributed by atoms with Gasteiger partial charge in [-0.2, -0.15) is 0 Å². The molecule has 1 saturated carbocycles. The van der Waals surface area contributed by atoms with Gasteiger partial charge in [0.1, 0.15) is 0 Å². The number of imidazole rings is 1. The number of nitrogens with one attached hydrogen (secondary N) is 2. The molecule has 2 rings (SSSR count). The van der Waals surface area contributed by atoms with Gasteiger partial charge in [0.2, 0.25) is 0 Å². The van der Waals surface area contributed by atoms with E-state index in [-0.39, 0.29) is 0 Å². The maximum Gasteiger partial charge on any atom is 0.165 e. The van der Waals surface area contributed by atoms with Gasteiger partial charge in [-0.3, -0.25) is 0 Å². The highest BCUT2D eigenvalue weighted by Crippen LogP contribution is 2.29. The summed E-state index contributed by atoms with van der Waals surface area (Å²) < 4.78 is 0. The highest BCUT2D eigenvalue weighted by Gasteiger charge is 2.22. The number of aromatic nitrogens is 2. The van der Waals surface area contributed by atoms with Crippen LogP contribution in [0.25, 0.3) is 0 Å². The van der Waals surface area contributed by atoms with Crippen LogP contribution in [0.1, 0.15) is 71.1 Å². The van der Waals surface area contributed by atoms with Crippen molar-refractivity contribution in [3.63, 3.8) is 0 Å². The van der Waals surface area contributed by atoms with E-state index < -0.39 is 0 Å². The normalized spacial score (nSPS) is 26.0. The van der Waals surface area contributed by atoms with Gasteiger partial charge in [-0.15, -0.1) is 0 Å². The number of nitrogens with zero attached hydrogens (tertiary/aromatic N) is 1. The highest BCUT2D eigenvalue weighted by molar-refractivity contribution is 7.99. The first kappa shape index (κ1) is 16.9. The summed E-state index contributed by atoms with van der Waals surface area (Å²) in [5, 5.41) is 5.46. The predicted molar refractivity (Wildman–Crippen MR) is 91.9 cm³/mol. The molecule has 0 aliphatic heterocycles. The molecule has 1 aliphatic rings. The van der Waals surface area contributed by atoms with Crippen molar-refractivity contribution in [1.82, 2.24) is 15.3 Å². The summed E-state index contributed by atoms with van der Waals surface area (Å²) in [5.74, 6) is 0. The van der Waals surface area contributed by atoms with E-state index in [0.29, 0.717) is 11.3 Å². The molecule has 0 saturated heterocycles. The molecule has 2 atom stereocenters. The van der Waals surface area contributed by atoms with E-state index >= 15 is 0 Å². The first-order valence-electron chi connectivity index (χ1n) is 8.79. The smallest absolute Gasteiger partial charge is 0.165 e. The summed E-state index contributed by atoms with van der Waals surface area (Å²) in [4.78, 5) is 7.67. The van der Waals surface area contributed by atoms with Gasteiger partial charge < -0.3 is 10.3 Å². The van der Waals surface area contributed by atoms with Gasteiger partial charge >= 0.3 is 0 Å². The van der Waals surface area contributed by atoms with Crippen LogP contribution in [0.15, 0.2) is 17.6 Å². The minimum absolute atomic E-state index is 0.629. The molecular formula is C17H31N3S. The Morgan fingerprint density at radius 2 is 1.76 bits per heavy atom. The van der Waals surface area contributed by atoms with Crippen molar-refractivity contribution in [2.45, 2.75) is 87.6 Å². The second-order valence-corrected chi connectivity index (χ2v) is 7.35. The van der Waals surface area contributed by atoms with Crippen molar-refractivity contribution < 1.29 is 0 Å². The van der Waals surface area contributed by atoms with E-state index in [9.17, 15) is 0 Å². The molecule has 0 spiro atoms. The van der Waals surface area contributed by atoms with E-state index in [1.165, 1.54) is 64.2 Å². The minimum atomic E-state index is 0.629. The van der Waals surface area contributed by atoms with Crippen LogP contribution in [0, 0.1) is 0 Å². The molecule has 1 aromatic heterocycles. The number of thioether (sulfide) groups is 1. The van der Waals surface area contributed by atoms with Crippen LogP contribution in [-0.4, -0.2) is 27.8 Å². The van der Waals surface area contributed by atoms with Crippen LogP contribution in [0.3, 0.4) is 0 Å². The Bertz CT molecular complexity index is 353. The average Bonchev–Trinajstić information content (AvgIpc) is 2.98. The molecule has 2 N–H and O–H groups in total. The molecule has 3 nitrogen and oxygen atoms in total. The maximum atomic E-state index is 4.41. The summed E-state index contributed by atoms with van der Waals surface area (Å²) in [6.07, 6.45) is 17.7. The van der Waals surface area contributed by atoms with Gasteiger partial charge in [0.05, 0.1) is 0 Å². The Kier molecular flexibility index (Phi) is 8.26. The summed E-state index contributed by atoms with van der Waals surface area (Å²) >= 11 is 1.94. The van der Waals surface area contributed by atoms with Crippen LogP contribution in [0.5, 0.6) is 0 Å². The molecule has 1 fully saturated rings. The lowest BCUT2D eigenvalue weighted by Gasteiger charge is -2.27. The molecular weight excluding hydrogens is 278 g/mol. The van der Waals surface area contributed by atoms with Crippen LogP contribution >= 0.6 is 11.8 Å². The Balaban J connectivity index is 1.95. The van der Waals surface area contributed by atoms with Crippen molar-refractivity contribution in [2.24, 2.45) is 0 Å². The predicted octanol–water partition coefficient (Wildman–Crippen LogP) is 4.76. The molecule has 21 heavy (non-hydrogen) atoms. The van der Waals surface area contributed by atoms with Gasteiger partial charge in [-0.05, 0) is 19.4 Å². The third-order valence-corrected chi connectivity index (χ3v) is 5.72. The fraction of sp³-hybridized carbons (Fsp3) is 0.824. The van der Waals surface area contributed by atoms with Crippen LogP contribution in [-0.2, 0) is 0 Å². The summed E-state index contributed by atoms with van der Waals surface area (Å²) in [6, 6.07) is 0.629. The SMILES string of the molecule is CCNC1CCCCCCCCCCC1Sc1ncc[nH]1. The van der Waals surface area contributed by atoms with E-state index in [4.69, 9.17) is 0 Å². The van der Waals surface area contributed by atoms with Crippen molar-refractivity contribution >= 4 is 11.8 Å². The molecule has 0 aromatic carbocycles. The van der Waals surface area contributed by atoms with Gasteiger partial charge in [-0.25, -0.2) is 4.98 Å². The number of hydrogen-bond donors (Lipinski definition) is 2. The minimum Gasteiger partial charge on any atom is -0.340 e. The lowest BCUT2D eigenvalue weighted by Crippen LogP contribution is -2.38. The zero-order valence-corrected chi connectivity index (χ0v) is 14.3. The quantitative estimate of drug-likeness (QED) is 0.842. The Labute approximate surface area is 134 Å². The Hall–Kier alpha value is -0.480. The van der Waals surface area contributed by atoms with E-state index in [2.05, 4.69) is 22.2 Å². The first-order valence-corrected chi connectivity index (χ1v) is 9.67. The molecule has 4 heteroatoms. The van der Waals surface area contributed by atoms with Crippen LogP contribution < -0.4 is 5.32 Å². The third-order valence-electron chi connectivity index (χ3n) is 4.41. The van der Waals surface area contributed by atoms with Crippen LogP contribution in [0.4, 0.5) is 0 Å². The topological polar surface area (TPSA) is 40.7 Å². The largest absolute Gasteiger partial charge is 0.340 e. The number of H-pyrrole nitrogens is 1. The van der Waals surface area contributed by atoms with Gasteiger partial charge in [0, 0.05) is 23.7 Å². The van der Waals surface area contributed by atoms with Crippen molar-refractivity contribution in [2.75, 3.05) is 6.54 Å². The Morgan fingerprint density at radius 3 is 2.38 bits per heavy atom. The molecule has 0 radical (unpaired) electrons. The molecule has 2 unspecified atom stereocenters. The van der Waals surface area contributed by atoms with Crippen LogP contribution in [0.2, 0.25) is 0 Å². The number of hydrogen-bond acceptors (Lipinski definition) is 3. The van der Waals surface area contributed by atoms with E-state index in [0.717, 1.165) is 11.7 Å². The monoisotopic (exact) mass is 309 g/mol. The zero-order chi connectivity index (χ0) is 14.8. The molecule has 1 aliphatic carbocycles. The lowest BCUT2D eigenvalue weighted by molar-refractivity contribution is 0.419. The third kappa shape index (κ3) is 6.43. The summed E-state index contributed by atoms with van der Waals surface area (Å²) in [5.41, 5.74) is 0. The van der Waals surface area contributed by atoms with Crippen molar-refractivity contribution in [3.8, 4) is 0 Å². The Morgan fingerprint density at radius 1 is 1.10 bits per heavy atom. The molecule has 1 heterocycles. The van der Waals surface area contributed by atoms with E-state index in [1.807, 2.05) is 24.2 Å². The van der Waals surface area contributed by atoms with Crippen molar-refractivity contribution in [1.29, 1.82) is 0 Å². The highest BCUT2D eigenvalue weighted by atomic mass is 32.2. The first-order chi connectivity index (χ1) is 10.4. The summed E-state index contributed by atoms with van der Waals surface area (Å²) in [6.45, 7) is 3.30. The van der Waals surface area contributed by atoms with Gasteiger partial charge in [-0.1, -0.05) is 70.1 Å². The number of rotatable bonds is 4. The zero-order valence-electron chi connectivity index (χ0n) is 13.4.